The van der Waals surface area contributed by atoms with E-state index in [0.29, 0.717) is 6.42 Å². The molecule has 2 aromatic rings. The van der Waals surface area contributed by atoms with Crippen LogP contribution < -0.4 is 9.64 Å². The third-order valence-corrected chi connectivity index (χ3v) is 4.91. The first-order valence-corrected chi connectivity index (χ1v) is 8.80. The fourth-order valence-corrected chi connectivity index (χ4v) is 3.33. The average molecular weight is 338 g/mol. The van der Waals surface area contributed by atoms with Gasteiger partial charge in [0.2, 0.25) is 5.91 Å². The van der Waals surface area contributed by atoms with E-state index < -0.39 is 0 Å². The van der Waals surface area contributed by atoms with E-state index in [1.54, 1.807) is 7.11 Å². The molecule has 0 atom stereocenters. The Hall–Kier alpha value is -2.49. The predicted octanol–water partition coefficient (Wildman–Crippen LogP) is 3.20. The molecule has 0 saturated carbocycles. The minimum atomic E-state index is 0.223. The molecule has 0 radical (unpaired) electrons. The number of carbonyl (C=O) groups is 1. The van der Waals surface area contributed by atoms with Gasteiger partial charge in [-0.15, -0.1) is 0 Å². The van der Waals surface area contributed by atoms with Gasteiger partial charge in [-0.25, -0.2) is 0 Å². The lowest BCUT2D eigenvalue weighted by molar-refractivity contribution is -0.130. The molecule has 0 spiro atoms. The summed E-state index contributed by atoms with van der Waals surface area (Å²) < 4.78 is 5.21. The van der Waals surface area contributed by atoms with Gasteiger partial charge in [0.05, 0.1) is 13.5 Å². The van der Waals surface area contributed by atoms with E-state index >= 15 is 0 Å². The predicted molar refractivity (Wildman–Crippen MR) is 101 cm³/mol. The average Bonchev–Trinajstić information content (AvgIpc) is 2.64. The van der Waals surface area contributed by atoms with Crippen molar-refractivity contribution in [3.8, 4) is 5.75 Å². The number of aryl methyl sites for hydroxylation is 2. The molecule has 2 aromatic carbocycles. The standard InChI is InChI=1S/C21H26N2O2/c1-16-4-5-18(17(2)14-16)15-21(24)23-12-10-22(11-13-23)19-6-8-20(25-3)9-7-19/h4-9,14H,10-13,15H2,1-3H3. The number of rotatable bonds is 4. The van der Waals surface area contributed by atoms with Gasteiger partial charge in [-0.1, -0.05) is 23.8 Å². The Morgan fingerprint density at radius 3 is 2.28 bits per heavy atom. The topological polar surface area (TPSA) is 32.8 Å². The molecule has 132 valence electrons. The SMILES string of the molecule is COc1ccc(N2CCN(C(=O)Cc3ccc(C)cc3C)CC2)cc1. The Kier molecular flexibility index (Phi) is 5.27. The maximum atomic E-state index is 12.6. The summed E-state index contributed by atoms with van der Waals surface area (Å²) in [5, 5.41) is 0. The van der Waals surface area contributed by atoms with Gasteiger partial charge in [-0.3, -0.25) is 4.79 Å². The van der Waals surface area contributed by atoms with E-state index in [2.05, 4.69) is 49.1 Å². The number of nitrogens with zero attached hydrogens (tertiary/aromatic N) is 2. The molecule has 0 aliphatic carbocycles. The maximum absolute atomic E-state index is 12.6. The van der Waals surface area contributed by atoms with Crippen LogP contribution in [0.3, 0.4) is 0 Å². The number of piperazine rings is 1. The van der Waals surface area contributed by atoms with Crippen LogP contribution in [0, 0.1) is 13.8 Å². The number of carbonyl (C=O) groups excluding carboxylic acids is 1. The maximum Gasteiger partial charge on any atom is 0.227 e. The van der Waals surface area contributed by atoms with Crippen molar-refractivity contribution in [2.75, 3.05) is 38.2 Å². The van der Waals surface area contributed by atoms with E-state index in [4.69, 9.17) is 4.74 Å². The highest BCUT2D eigenvalue weighted by molar-refractivity contribution is 5.79. The van der Waals surface area contributed by atoms with Crippen molar-refractivity contribution in [1.29, 1.82) is 0 Å². The highest BCUT2D eigenvalue weighted by Gasteiger charge is 2.21. The number of methoxy groups -OCH3 is 1. The Balaban J connectivity index is 1.56. The lowest BCUT2D eigenvalue weighted by Gasteiger charge is -2.36. The van der Waals surface area contributed by atoms with Gasteiger partial charge in [-0.2, -0.15) is 0 Å². The number of anilines is 1. The van der Waals surface area contributed by atoms with E-state index in [0.717, 1.165) is 37.5 Å². The molecule has 1 aliphatic rings. The first-order chi connectivity index (χ1) is 12.1. The summed E-state index contributed by atoms with van der Waals surface area (Å²) >= 11 is 0. The van der Waals surface area contributed by atoms with Crippen LogP contribution in [0.4, 0.5) is 5.69 Å². The fourth-order valence-electron chi connectivity index (χ4n) is 3.33. The molecule has 3 rings (SSSR count). The summed E-state index contributed by atoms with van der Waals surface area (Å²) in [5.74, 6) is 1.09. The van der Waals surface area contributed by atoms with Gasteiger partial charge in [0.15, 0.2) is 0 Å². The molecule has 0 N–H and O–H groups in total. The van der Waals surface area contributed by atoms with Crippen molar-refractivity contribution in [2.24, 2.45) is 0 Å². The van der Waals surface area contributed by atoms with Crippen molar-refractivity contribution >= 4 is 11.6 Å². The first-order valence-electron chi connectivity index (χ1n) is 8.80. The molecule has 25 heavy (non-hydrogen) atoms. The van der Waals surface area contributed by atoms with Gasteiger partial charge in [0.1, 0.15) is 5.75 Å². The van der Waals surface area contributed by atoms with Gasteiger partial charge in [-0.05, 0) is 49.2 Å². The first kappa shape index (κ1) is 17.3. The fraction of sp³-hybridized carbons (Fsp3) is 0.381. The second-order valence-corrected chi connectivity index (χ2v) is 6.67. The van der Waals surface area contributed by atoms with Gasteiger partial charge in [0, 0.05) is 31.9 Å². The van der Waals surface area contributed by atoms with Crippen molar-refractivity contribution in [1.82, 2.24) is 4.90 Å². The zero-order valence-corrected chi connectivity index (χ0v) is 15.3. The number of ether oxygens (including phenoxy) is 1. The monoisotopic (exact) mass is 338 g/mol. The van der Waals surface area contributed by atoms with E-state index in [1.165, 1.54) is 16.8 Å². The molecule has 4 nitrogen and oxygen atoms in total. The number of hydrogen-bond acceptors (Lipinski definition) is 3. The molecule has 0 aromatic heterocycles. The van der Waals surface area contributed by atoms with Crippen molar-refractivity contribution in [3.05, 3.63) is 59.2 Å². The lowest BCUT2D eigenvalue weighted by atomic mass is 10.0. The molecule has 0 bridgehead atoms. The molecule has 0 unspecified atom stereocenters. The molecule has 1 aliphatic heterocycles. The smallest absolute Gasteiger partial charge is 0.227 e. The van der Waals surface area contributed by atoms with Crippen LogP contribution in [-0.4, -0.2) is 44.1 Å². The molecule has 1 saturated heterocycles. The zero-order chi connectivity index (χ0) is 17.8. The van der Waals surface area contributed by atoms with Crippen LogP contribution in [-0.2, 0) is 11.2 Å². The summed E-state index contributed by atoms with van der Waals surface area (Å²) in [6, 6.07) is 14.4. The second-order valence-electron chi connectivity index (χ2n) is 6.67. The molecule has 4 heteroatoms. The minimum Gasteiger partial charge on any atom is -0.497 e. The molecule has 1 fully saturated rings. The highest BCUT2D eigenvalue weighted by atomic mass is 16.5. The van der Waals surface area contributed by atoms with Gasteiger partial charge in [0.25, 0.3) is 0 Å². The molecule has 1 amide bonds. The third kappa shape index (κ3) is 4.13. The second kappa shape index (κ2) is 7.60. The van der Waals surface area contributed by atoms with Crippen molar-refractivity contribution in [2.45, 2.75) is 20.3 Å². The Morgan fingerprint density at radius 2 is 1.68 bits per heavy atom. The van der Waals surface area contributed by atoms with Crippen LogP contribution in [0.5, 0.6) is 5.75 Å². The van der Waals surface area contributed by atoms with Crippen molar-refractivity contribution in [3.63, 3.8) is 0 Å². The van der Waals surface area contributed by atoms with Crippen molar-refractivity contribution < 1.29 is 9.53 Å². The normalized spacial score (nSPS) is 14.5. The Morgan fingerprint density at radius 1 is 1.00 bits per heavy atom. The summed E-state index contributed by atoms with van der Waals surface area (Å²) in [4.78, 5) is 16.9. The van der Waals surface area contributed by atoms with Crippen LogP contribution >= 0.6 is 0 Å². The number of amides is 1. The molecular weight excluding hydrogens is 312 g/mol. The largest absolute Gasteiger partial charge is 0.497 e. The summed E-state index contributed by atoms with van der Waals surface area (Å²) in [6.45, 7) is 7.44. The summed E-state index contributed by atoms with van der Waals surface area (Å²) in [5.41, 5.74) is 4.75. The number of benzene rings is 2. The Labute approximate surface area is 150 Å². The quantitative estimate of drug-likeness (QED) is 0.858. The third-order valence-electron chi connectivity index (χ3n) is 4.91. The van der Waals surface area contributed by atoms with Crippen LogP contribution in [0.25, 0.3) is 0 Å². The van der Waals surface area contributed by atoms with Crippen LogP contribution in [0.15, 0.2) is 42.5 Å². The van der Waals surface area contributed by atoms with Gasteiger partial charge < -0.3 is 14.5 Å². The molecule has 1 heterocycles. The lowest BCUT2D eigenvalue weighted by Crippen LogP contribution is -2.49. The molecular formula is C21H26N2O2. The zero-order valence-electron chi connectivity index (χ0n) is 15.3. The van der Waals surface area contributed by atoms with E-state index in [1.807, 2.05) is 17.0 Å². The van der Waals surface area contributed by atoms with E-state index in [-0.39, 0.29) is 5.91 Å². The summed E-state index contributed by atoms with van der Waals surface area (Å²) in [6.07, 6.45) is 0.495. The number of hydrogen-bond donors (Lipinski definition) is 0. The summed E-state index contributed by atoms with van der Waals surface area (Å²) in [7, 11) is 1.68. The highest BCUT2D eigenvalue weighted by Crippen LogP contribution is 2.21. The minimum absolute atomic E-state index is 0.223. The van der Waals surface area contributed by atoms with E-state index in [9.17, 15) is 4.79 Å². The Bertz CT molecular complexity index is 732. The van der Waals surface area contributed by atoms with Crippen LogP contribution in [0.1, 0.15) is 16.7 Å². The van der Waals surface area contributed by atoms with Crippen LogP contribution in [0.2, 0.25) is 0 Å². The van der Waals surface area contributed by atoms with Gasteiger partial charge >= 0.3 is 0 Å².